The molecule has 2 aromatic rings. The van der Waals surface area contributed by atoms with Gasteiger partial charge in [0.05, 0.1) is 12.0 Å². The number of hydrazone groups is 1. The molecular weight excluding hydrogens is 479 g/mol. The molecular formula is C23H30Cl2N6OS. The Bertz CT molecular complexity index is 916. The quantitative estimate of drug-likeness (QED) is 0.160. The first kappa shape index (κ1) is 25.6. The number of carbonyl (C=O) groups excluding carboxylic acids is 1. The Kier molecular flexibility index (Phi) is 10.6. The number of amides is 1. The second-order valence-electron chi connectivity index (χ2n) is 7.74. The van der Waals surface area contributed by atoms with E-state index >= 15 is 0 Å². The van der Waals surface area contributed by atoms with E-state index in [1.165, 1.54) is 31.0 Å². The molecule has 178 valence electrons. The summed E-state index contributed by atoms with van der Waals surface area (Å²) in [6.07, 6.45) is 5.27. The molecule has 1 fully saturated rings. The van der Waals surface area contributed by atoms with Crippen molar-refractivity contribution in [3.05, 3.63) is 41.6 Å². The van der Waals surface area contributed by atoms with E-state index in [1.54, 1.807) is 6.21 Å². The zero-order valence-corrected chi connectivity index (χ0v) is 21.2. The summed E-state index contributed by atoms with van der Waals surface area (Å²) in [6.45, 7) is 5.47. The van der Waals surface area contributed by atoms with Crippen LogP contribution in [-0.4, -0.2) is 65.8 Å². The molecule has 10 heteroatoms. The number of aromatic nitrogens is 2. The van der Waals surface area contributed by atoms with E-state index in [0.29, 0.717) is 16.9 Å². The van der Waals surface area contributed by atoms with Crippen LogP contribution in [0.1, 0.15) is 30.5 Å². The van der Waals surface area contributed by atoms with Crippen molar-refractivity contribution in [2.24, 2.45) is 5.10 Å². The van der Waals surface area contributed by atoms with E-state index in [0.717, 1.165) is 48.9 Å². The van der Waals surface area contributed by atoms with E-state index < -0.39 is 0 Å². The molecule has 33 heavy (non-hydrogen) atoms. The lowest BCUT2D eigenvalue weighted by atomic mass is 10.1. The van der Waals surface area contributed by atoms with Gasteiger partial charge in [0.1, 0.15) is 5.82 Å². The highest BCUT2D eigenvalue weighted by Crippen LogP contribution is 2.22. The first-order valence-corrected chi connectivity index (χ1v) is 13.2. The highest BCUT2D eigenvalue weighted by atomic mass is 35.5. The van der Waals surface area contributed by atoms with Crippen LogP contribution in [0.2, 0.25) is 0 Å². The number of hydrogen-bond acceptors (Lipinski definition) is 7. The summed E-state index contributed by atoms with van der Waals surface area (Å²) in [5, 5.41) is 4.68. The first-order valence-electron chi connectivity index (χ1n) is 11.1. The standard InChI is InChI=1S/C23H30Cl2N6OS/c1-18-15-21(31-11-3-2-4-12-31)28-23(27-18)33-17-22(32)29-26-16-19-5-7-20(8-6-19)30(13-9-24)14-10-25/h5-8,15-16H,2-4,9-14,17H2,1H3,(H,29,32). The lowest BCUT2D eigenvalue weighted by Gasteiger charge is -2.28. The molecule has 0 unspecified atom stereocenters. The maximum absolute atomic E-state index is 12.2. The number of piperidine rings is 1. The van der Waals surface area contributed by atoms with Gasteiger partial charge >= 0.3 is 0 Å². The molecule has 1 aromatic heterocycles. The molecule has 3 rings (SSSR count). The second-order valence-corrected chi connectivity index (χ2v) is 9.43. The maximum Gasteiger partial charge on any atom is 0.250 e. The van der Waals surface area contributed by atoms with E-state index in [1.807, 2.05) is 37.3 Å². The van der Waals surface area contributed by atoms with E-state index in [4.69, 9.17) is 23.2 Å². The van der Waals surface area contributed by atoms with Gasteiger partial charge in [-0.1, -0.05) is 23.9 Å². The molecule has 1 saturated heterocycles. The Morgan fingerprint density at radius 2 is 1.85 bits per heavy atom. The Labute approximate surface area is 209 Å². The van der Waals surface area contributed by atoms with Gasteiger partial charge in [0.2, 0.25) is 0 Å². The zero-order chi connectivity index (χ0) is 23.5. The zero-order valence-electron chi connectivity index (χ0n) is 18.8. The molecule has 7 nitrogen and oxygen atoms in total. The van der Waals surface area contributed by atoms with Crippen molar-refractivity contribution in [2.75, 3.05) is 53.5 Å². The Morgan fingerprint density at radius 1 is 1.15 bits per heavy atom. The molecule has 1 N–H and O–H groups in total. The van der Waals surface area contributed by atoms with Crippen molar-refractivity contribution in [2.45, 2.75) is 31.3 Å². The van der Waals surface area contributed by atoms with Crippen LogP contribution in [0, 0.1) is 6.92 Å². The van der Waals surface area contributed by atoms with Gasteiger partial charge in [0.25, 0.3) is 5.91 Å². The molecule has 0 spiro atoms. The lowest BCUT2D eigenvalue weighted by molar-refractivity contribution is -0.118. The summed E-state index contributed by atoms with van der Waals surface area (Å²) in [5.74, 6) is 2.02. The van der Waals surface area contributed by atoms with Crippen molar-refractivity contribution in [3.8, 4) is 0 Å². The van der Waals surface area contributed by atoms with Gasteiger partial charge in [-0.05, 0) is 43.9 Å². The fourth-order valence-electron chi connectivity index (χ4n) is 3.56. The summed E-state index contributed by atoms with van der Waals surface area (Å²) in [7, 11) is 0. The lowest BCUT2D eigenvalue weighted by Crippen LogP contribution is -2.30. The third kappa shape index (κ3) is 8.36. The van der Waals surface area contributed by atoms with Crippen LogP contribution in [0.4, 0.5) is 11.5 Å². The summed E-state index contributed by atoms with van der Waals surface area (Å²) < 4.78 is 0. The van der Waals surface area contributed by atoms with E-state index in [9.17, 15) is 4.79 Å². The number of alkyl halides is 2. The van der Waals surface area contributed by atoms with Gasteiger partial charge in [-0.15, -0.1) is 23.2 Å². The molecule has 2 heterocycles. The van der Waals surface area contributed by atoms with Gasteiger partial charge in [-0.2, -0.15) is 5.10 Å². The SMILES string of the molecule is Cc1cc(N2CCCCC2)nc(SCC(=O)NN=Cc2ccc(N(CCCl)CCCl)cc2)n1. The van der Waals surface area contributed by atoms with Gasteiger partial charge < -0.3 is 9.80 Å². The fourth-order valence-corrected chi connectivity index (χ4v) is 4.66. The molecule has 1 amide bonds. The first-order chi connectivity index (χ1) is 16.1. The van der Waals surface area contributed by atoms with Crippen LogP contribution < -0.4 is 15.2 Å². The number of nitrogens with zero attached hydrogens (tertiary/aromatic N) is 5. The molecule has 1 aliphatic heterocycles. The minimum atomic E-state index is -0.201. The molecule has 0 bridgehead atoms. The highest BCUT2D eigenvalue weighted by molar-refractivity contribution is 7.99. The summed E-state index contributed by atoms with van der Waals surface area (Å²) >= 11 is 13.1. The Morgan fingerprint density at radius 3 is 2.52 bits per heavy atom. The average Bonchev–Trinajstić information content (AvgIpc) is 2.83. The molecule has 1 aromatic carbocycles. The molecule has 1 aliphatic rings. The monoisotopic (exact) mass is 508 g/mol. The number of anilines is 2. The Hall–Kier alpha value is -2.03. The van der Waals surface area contributed by atoms with Gasteiger partial charge in [0.15, 0.2) is 5.16 Å². The largest absolute Gasteiger partial charge is 0.369 e. The van der Waals surface area contributed by atoms with Crippen molar-refractivity contribution >= 4 is 58.6 Å². The van der Waals surface area contributed by atoms with Crippen molar-refractivity contribution in [1.82, 2.24) is 15.4 Å². The topological polar surface area (TPSA) is 73.7 Å². The number of benzene rings is 1. The van der Waals surface area contributed by atoms with Crippen LogP contribution in [0.3, 0.4) is 0 Å². The number of halogens is 2. The normalized spacial score (nSPS) is 14.0. The maximum atomic E-state index is 12.2. The smallest absolute Gasteiger partial charge is 0.250 e. The summed E-state index contributed by atoms with van der Waals surface area (Å²) in [5.41, 5.74) is 5.42. The van der Waals surface area contributed by atoms with Crippen LogP contribution in [-0.2, 0) is 4.79 Å². The minimum Gasteiger partial charge on any atom is -0.369 e. The number of carbonyl (C=O) groups is 1. The summed E-state index contributed by atoms with van der Waals surface area (Å²) in [6, 6.07) is 9.88. The van der Waals surface area contributed by atoms with Crippen LogP contribution in [0.25, 0.3) is 0 Å². The number of hydrogen-bond donors (Lipinski definition) is 1. The van der Waals surface area contributed by atoms with Crippen molar-refractivity contribution in [1.29, 1.82) is 0 Å². The number of nitrogens with one attached hydrogen (secondary N) is 1. The van der Waals surface area contributed by atoms with Gasteiger partial charge in [-0.25, -0.2) is 15.4 Å². The molecule has 0 aliphatic carbocycles. The third-order valence-electron chi connectivity index (χ3n) is 5.20. The third-order valence-corrected chi connectivity index (χ3v) is 6.39. The molecule has 0 saturated carbocycles. The highest BCUT2D eigenvalue weighted by Gasteiger charge is 2.14. The minimum absolute atomic E-state index is 0.199. The number of rotatable bonds is 11. The van der Waals surface area contributed by atoms with E-state index in [2.05, 4.69) is 30.3 Å². The number of aryl methyl sites for hydroxylation is 1. The molecule has 0 radical (unpaired) electrons. The van der Waals surface area contributed by atoms with Crippen LogP contribution >= 0.6 is 35.0 Å². The van der Waals surface area contributed by atoms with Crippen LogP contribution in [0.15, 0.2) is 40.6 Å². The predicted molar refractivity (Wildman–Crippen MR) is 139 cm³/mol. The number of thioether (sulfide) groups is 1. The van der Waals surface area contributed by atoms with Crippen molar-refractivity contribution < 1.29 is 4.79 Å². The fraction of sp³-hybridized carbons (Fsp3) is 0.478. The average molecular weight is 510 g/mol. The van der Waals surface area contributed by atoms with Gasteiger partial charge in [0, 0.05) is 55.4 Å². The second kappa shape index (κ2) is 13.6. The predicted octanol–water partition coefficient (Wildman–Crippen LogP) is 4.30. The van der Waals surface area contributed by atoms with Crippen molar-refractivity contribution in [3.63, 3.8) is 0 Å². The van der Waals surface area contributed by atoms with Gasteiger partial charge in [-0.3, -0.25) is 4.79 Å². The van der Waals surface area contributed by atoms with E-state index in [-0.39, 0.29) is 11.7 Å². The summed E-state index contributed by atoms with van der Waals surface area (Å²) in [4.78, 5) is 25.8. The Balaban J connectivity index is 1.49. The van der Waals surface area contributed by atoms with Crippen LogP contribution in [0.5, 0.6) is 0 Å². The molecule has 0 atom stereocenters.